The van der Waals surface area contributed by atoms with Gasteiger partial charge in [-0.2, -0.15) is 0 Å². The second-order valence-corrected chi connectivity index (χ2v) is 3.45. The Hall–Kier alpha value is -1.71. The van der Waals surface area contributed by atoms with E-state index >= 15 is 0 Å². The van der Waals surface area contributed by atoms with Gasteiger partial charge in [-0.1, -0.05) is 6.07 Å². The lowest BCUT2D eigenvalue weighted by Gasteiger charge is -2.11. The molecule has 1 fully saturated rings. The molecular formula is C12H15NO3. The molecule has 0 spiro atoms. The maximum absolute atomic E-state index is 11.3. The fraction of sp³-hybridized carbons (Fsp3) is 0.417. The molecule has 1 saturated heterocycles. The summed E-state index contributed by atoms with van der Waals surface area (Å²) < 4.78 is 55.8. The van der Waals surface area contributed by atoms with Crippen molar-refractivity contribution in [3.8, 4) is 5.75 Å². The summed E-state index contributed by atoms with van der Waals surface area (Å²) in [7, 11) is 0. The summed E-state index contributed by atoms with van der Waals surface area (Å²) in [6.07, 6.45) is -4.50. The molecule has 0 aliphatic carbocycles. The molecule has 1 heterocycles. The number of aryl methyl sites for hydroxylation is 2. The van der Waals surface area contributed by atoms with Crippen LogP contribution in [-0.2, 0) is 4.74 Å². The number of ether oxygens (including phenoxy) is 2. The lowest BCUT2D eigenvalue weighted by molar-refractivity contribution is 0.105. The van der Waals surface area contributed by atoms with Gasteiger partial charge in [0.2, 0.25) is 0 Å². The van der Waals surface area contributed by atoms with Crippen molar-refractivity contribution in [2.24, 2.45) is 0 Å². The van der Waals surface area contributed by atoms with Gasteiger partial charge in [-0.3, -0.25) is 0 Å². The minimum atomic E-state index is -3.05. The molecule has 0 radical (unpaired) electrons. The second-order valence-electron chi connectivity index (χ2n) is 3.45. The number of carbonyl (C=O) groups is 1. The SMILES string of the molecule is [2H]N1C(=O)OC([2H])(C([2H])([2H])Oc2cc(C)cc(C)c2)C1([2H])[2H]. The first kappa shape index (κ1) is 5.57. The molecule has 1 aliphatic heterocycles. The molecule has 4 nitrogen and oxygen atoms in total. The number of hydrogen-bond acceptors (Lipinski definition) is 3. The van der Waals surface area contributed by atoms with Gasteiger partial charge < -0.3 is 14.8 Å². The average molecular weight is 227 g/mol. The third-order valence-corrected chi connectivity index (χ3v) is 1.89. The highest BCUT2D eigenvalue weighted by Crippen LogP contribution is 2.16. The topological polar surface area (TPSA) is 47.6 Å². The predicted molar refractivity (Wildman–Crippen MR) is 59.7 cm³/mol. The van der Waals surface area contributed by atoms with Crippen molar-refractivity contribution in [2.75, 3.05) is 13.1 Å². The molecule has 1 amide bonds. The molecular weight excluding hydrogens is 206 g/mol. The van der Waals surface area contributed by atoms with E-state index in [1.165, 1.54) is 12.1 Å². The Morgan fingerprint density at radius 3 is 2.94 bits per heavy atom. The third-order valence-electron chi connectivity index (χ3n) is 1.89. The standard InChI is InChI=1S/C12H15NO3/c1-8-3-9(2)5-10(4-8)15-7-11-6-13-12(14)16-11/h3-5,11H,6-7H2,1-2H3,(H,13,14)/i6D2,7D2,11D/hD. The van der Waals surface area contributed by atoms with E-state index in [1.54, 1.807) is 13.8 Å². The summed E-state index contributed by atoms with van der Waals surface area (Å²) in [5.41, 5.74) is 1.58. The van der Waals surface area contributed by atoms with Crippen LogP contribution in [0.4, 0.5) is 4.79 Å². The van der Waals surface area contributed by atoms with Crippen LogP contribution < -0.4 is 10.0 Å². The zero-order valence-corrected chi connectivity index (χ0v) is 8.90. The summed E-state index contributed by atoms with van der Waals surface area (Å²) in [5, 5.41) is -0.206. The number of carbonyl (C=O) groups excluding carboxylic acids is 1. The van der Waals surface area contributed by atoms with Crippen molar-refractivity contribution in [1.82, 2.24) is 5.31 Å². The molecule has 0 saturated carbocycles. The van der Waals surface area contributed by atoms with Crippen LogP contribution in [0.15, 0.2) is 18.2 Å². The minimum Gasteiger partial charge on any atom is -0.490 e. The summed E-state index contributed by atoms with van der Waals surface area (Å²) >= 11 is 0. The van der Waals surface area contributed by atoms with Crippen LogP contribution >= 0.6 is 0 Å². The Kier molecular flexibility index (Phi) is 1.54. The van der Waals surface area contributed by atoms with Crippen molar-refractivity contribution in [3.05, 3.63) is 29.3 Å². The van der Waals surface area contributed by atoms with Gasteiger partial charge in [0.05, 0.1) is 13.4 Å². The van der Waals surface area contributed by atoms with Gasteiger partial charge in [-0.05, 0) is 37.1 Å². The summed E-state index contributed by atoms with van der Waals surface area (Å²) in [6, 6.07) is 4.86. The van der Waals surface area contributed by atoms with Crippen molar-refractivity contribution in [2.45, 2.75) is 19.9 Å². The van der Waals surface area contributed by atoms with Crippen molar-refractivity contribution < 1.29 is 22.5 Å². The van der Waals surface area contributed by atoms with E-state index in [9.17, 15) is 4.79 Å². The Balaban J connectivity index is 2.39. The molecule has 1 N–H and O–H groups in total. The van der Waals surface area contributed by atoms with E-state index in [0.717, 1.165) is 11.1 Å². The van der Waals surface area contributed by atoms with Gasteiger partial charge in [0.25, 0.3) is 0 Å². The fourth-order valence-electron chi connectivity index (χ4n) is 1.37. The van der Waals surface area contributed by atoms with Crippen LogP contribution in [-0.4, -0.2) is 25.2 Å². The molecule has 4 heteroatoms. The number of rotatable bonds is 3. The van der Waals surface area contributed by atoms with E-state index in [-0.39, 0.29) is 11.1 Å². The summed E-state index contributed by atoms with van der Waals surface area (Å²) in [4.78, 5) is 11.3. The van der Waals surface area contributed by atoms with Crippen LogP contribution in [0.3, 0.4) is 0 Å². The number of hydrogen-bond donors (Lipinski definition) is 1. The molecule has 0 bridgehead atoms. The van der Waals surface area contributed by atoms with Gasteiger partial charge in [0.15, 0.2) is 7.49 Å². The van der Waals surface area contributed by atoms with Crippen LogP contribution in [0.5, 0.6) is 5.75 Å². The Morgan fingerprint density at radius 2 is 2.38 bits per heavy atom. The lowest BCUT2D eigenvalue weighted by atomic mass is 10.1. The lowest BCUT2D eigenvalue weighted by Crippen LogP contribution is -2.21. The molecule has 1 aromatic rings. The molecule has 2 rings (SSSR count). The highest BCUT2D eigenvalue weighted by atomic mass is 16.6. The van der Waals surface area contributed by atoms with Crippen LogP contribution in [0.25, 0.3) is 0 Å². The van der Waals surface area contributed by atoms with Crippen molar-refractivity contribution >= 4 is 6.09 Å². The van der Waals surface area contributed by atoms with E-state index < -0.39 is 25.2 Å². The zero-order chi connectivity index (χ0) is 16.9. The number of benzene rings is 1. The van der Waals surface area contributed by atoms with Gasteiger partial charge >= 0.3 is 6.09 Å². The molecule has 16 heavy (non-hydrogen) atoms. The largest absolute Gasteiger partial charge is 0.490 e. The Labute approximate surface area is 103 Å². The Bertz CT molecular complexity index is 603. The molecule has 1 unspecified atom stereocenters. The van der Waals surface area contributed by atoms with Crippen LogP contribution in [0.2, 0.25) is 1.41 Å². The van der Waals surface area contributed by atoms with E-state index in [2.05, 4.69) is 4.74 Å². The monoisotopic (exact) mass is 227 g/mol. The number of nitrogens with one attached hydrogen (secondary N) is 1. The number of cyclic esters (lactones) is 1. The van der Waals surface area contributed by atoms with E-state index in [0.29, 0.717) is 0 Å². The maximum Gasteiger partial charge on any atom is 0.407 e. The highest BCUT2D eigenvalue weighted by Gasteiger charge is 2.22. The van der Waals surface area contributed by atoms with Crippen LogP contribution in [0, 0.1) is 13.8 Å². The first-order chi connectivity index (χ1) is 9.90. The molecule has 86 valence electrons. The smallest absolute Gasteiger partial charge is 0.407 e. The molecule has 1 aliphatic rings. The van der Waals surface area contributed by atoms with Gasteiger partial charge in [-0.25, -0.2) is 4.79 Å². The quantitative estimate of drug-likeness (QED) is 0.856. The zero-order valence-electron chi connectivity index (χ0n) is 14.9. The summed E-state index contributed by atoms with van der Waals surface area (Å²) in [6.45, 7) is -2.49. The number of alkyl carbamates (subject to hydrolysis) is 1. The van der Waals surface area contributed by atoms with Crippen molar-refractivity contribution in [3.63, 3.8) is 0 Å². The highest BCUT2D eigenvalue weighted by molar-refractivity contribution is 5.69. The van der Waals surface area contributed by atoms with Gasteiger partial charge in [0, 0.05) is 0 Å². The molecule has 0 aromatic heterocycles. The second kappa shape index (κ2) is 4.43. The number of amides is 1. The third kappa shape index (κ3) is 2.66. The maximum atomic E-state index is 11.3. The first-order valence-corrected chi connectivity index (χ1v) is 4.70. The molecule has 1 atom stereocenters. The normalized spacial score (nSPS) is 33.9. The first-order valence-electron chi connectivity index (χ1n) is 7.65. The van der Waals surface area contributed by atoms with Gasteiger partial charge in [0.1, 0.15) is 12.3 Å². The van der Waals surface area contributed by atoms with Crippen molar-refractivity contribution in [1.29, 1.82) is 0 Å². The Morgan fingerprint density at radius 1 is 1.69 bits per heavy atom. The fourth-order valence-corrected chi connectivity index (χ4v) is 1.37. The van der Waals surface area contributed by atoms with E-state index in [1.807, 2.05) is 6.07 Å². The average Bonchev–Trinajstić information content (AvgIpc) is 2.49. The van der Waals surface area contributed by atoms with Gasteiger partial charge in [-0.15, -0.1) is 0 Å². The predicted octanol–water partition coefficient (Wildman–Crippen LogP) is 1.79. The van der Waals surface area contributed by atoms with Crippen LogP contribution in [0.1, 0.15) is 18.0 Å². The summed E-state index contributed by atoms with van der Waals surface area (Å²) in [5.74, 6) is 0.0735. The van der Waals surface area contributed by atoms with E-state index in [4.69, 9.17) is 13.0 Å². The molecule has 1 aromatic carbocycles. The minimum absolute atomic E-state index is 0.0735.